The number of halogens is 5. The highest BCUT2D eigenvalue weighted by Crippen LogP contribution is 2.41. The Kier molecular flexibility index (Phi) is 9.72. The van der Waals surface area contributed by atoms with Gasteiger partial charge in [-0.1, -0.05) is 35.4 Å². The number of aliphatic hydroxyl groups is 1. The van der Waals surface area contributed by atoms with Crippen LogP contribution in [0, 0.1) is 17.6 Å². The van der Waals surface area contributed by atoms with Crippen LogP contribution < -0.4 is 10.5 Å². The van der Waals surface area contributed by atoms with Gasteiger partial charge in [-0.3, -0.25) is 9.98 Å². The van der Waals surface area contributed by atoms with E-state index in [0.717, 1.165) is 18.9 Å². The first-order valence-corrected chi connectivity index (χ1v) is 15.2. The SMILES string of the molecule is COc1cc(C=NCC(c2cc(C(C)(C)O)c(F)c(-c3ccc(F)c(Cl)c3Cl)n2)C2C=CC=C(F)C2)cc(C=NC2CC2)c1N. The summed E-state index contributed by atoms with van der Waals surface area (Å²) in [6, 6.07) is 7.73. The maximum absolute atomic E-state index is 16.0. The number of aliphatic imine (C=N–C) groups is 2. The van der Waals surface area contributed by atoms with Crippen LogP contribution in [0.15, 0.2) is 64.4 Å². The number of benzene rings is 2. The van der Waals surface area contributed by atoms with Crippen molar-refractivity contribution in [3.8, 4) is 17.0 Å². The number of allylic oxidation sites excluding steroid dienone is 4. The van der Waals surface area contributed by atoms with Crippen molar-refractivity contribution in [2.45, 2.75) is 50.7 Å². The molecule has 2 atom stereocenters. The number of aromatic nitrogens is 1. The van der Waals surface area contributed by atoms with Gasteiger partial charge >= 0.3 is 0 Å². The molecule has 1 aromatic heterocycles. The molecule has 5 rings (SSSR count). The Labute approximate surface area is 270 Å². The predicted molar refractivity (Wildman–Crippen MR) is 175 cm³/mol. The van der Waals surface area contributed by atoms with Gasteiger partial charge in [0.15, 0.2) is 5.82 Å². The zero-order valence-electron chi connectivity index (χ0n) is 25.0. The van der Waals surface area contributed by atoms with Gasteiger partial charge in [0.2, 0.25) is 0 Å². The summed E-state index contributed by atoms with van der Waals surface area (Å²) in [5, 5.41) is 10.3. The van der Waals surface area contributed by atoms with Crippen LogP contribution in [0.25, 0.3) is 11.3 Å². The molecule has 0 aliphatic heterocycles. The van der Waals surface area contributed by atoms with Gasteiger partial charge in [0.05, 0.1) is 34.5 Å². The maximum atomic E-state index is 16.0. The van der Waals surface area contributed by atoms with Crippen molar-refractivity contribution >= 4 is 41.3 Å². The van der Waals surface area contributed by atoms with Crippen LogP contribution in [0.1, 0.15) is 61.4 Å². The fourth-order valence-corrected chi connectivity index (χ4v) is 5.57. The number of hydrogen-bond acceptors (Lipinski definition) is 6. The molecule has 0 amide bonds. The summed E-state index contributed by atoms with van der Waals surface area (Å²) >= 11 is 12.4. The van der Waals surface area contributed by atoms with E-state index in [9.17, 15) is 13.9 Å². The molecule has 0 bridgehead atoms. The molecule has 45 heavy (non-hydrogen) atoms. The van der Waals surface area contributed by atoms with E-state index in [2.05, 4.69) is 9.98 Å². The lowest BCUT2D eigenvalue weighted by molar-refractivity contribution is 0.0743. The van der Waals surface area contributed by atoms with E-state index >= 15 is 4.39 Å². The normalized spacial score (nSPS) is 17.7. The van der Waals surface area contributed by atoms with Gasteiger partial charge in [-0.05, 0) is 74.6 Å². The minimum Gasteiger partial charge on any atom is -0.495 e. The predicted octanol–water partition coefficient (Wildman–Crippen LogP) is 8.37. The van der Waals surface area contributed by atoms with E-state index in [0.29, 0.717) is 34.3 Å². The van der Waals surface area contributed by atoms with Crippen LogP contribution in [-0.4, -0.2) is 42.2 Å². The lowest BCUT2D eigenvalue weighted by atomic mass is 9.82. The fourth-order valence-electron chi connectivity index (χ4n) is 5.16. The third kappa shape index (κ3) is 7.43. The molecule has 6 nitrogen and oxygen atoms in total. The van der Waals surface area contributed by atoms with Crippen LogP contribution in [-0.2, 0) is 5.60 Å². The molecule has 11 heteroatoms. The Morgan fingerprint density at radius 1 is 1.13 bits per heavy atom. The quantitative estimate of drug-likeness (QED) is 0.130. The molecule has 3 N–H and O–H groups in total. The van der Waals surface area contributed by atoms with Crippen molar-refractivity contribution in [1.82, 2.24) is 4.98 Å². The van der Waals surface area contributed by atoms with Crippen LogP contribution >= 0.6 is 23.2 Å². The average molecular weight is 658 g/mol. The summed E-state index contributed by atoms with van der Waals surface area (Å²) in [6.45, 7) is 3.00. The molecule has 0 saturated heterocycles. The first kappa shape index (κ1) is 32.7. The molecule has 1 heterocycles. The molecular weight excluding hydrogens is 624 g/mol. The third-order valence-corrected chi connectivity index (χ3v) is 8.68. The van der Waals surface area contributed by atoms with Crippen molar-refractivity contribution in [3.05, 3.63) is 98.5 Å². The summed E-state index contributed by atoms with van der Waals surface area (Å²) in [6.07, 6.45) is 10.4. The van der Waals surface area contributed by atoms with Crippen molar-refractivity contribution < 1.29 is 23.0 Å². The number of pyridine rings is 1. The number of nitrogens with two attached hydrogens (primary N) is 1. The van der Waals surface area contributed by atoms with Gasteiger partial charge in [0, 0.05) is 53.7 Å². The molecule has 0 radical (unpaired) electrons. The van der Waals surface area contributed by atoms with E-state index in [1.807, 2.05) is 12.1 Å². The number of nitrogen functional groups attached to an aromatic ring is 1. The Bertz CT molecular complexity index is 1730. The van der Waals surface area contributed by atoms with E-state index < -0.39 is 29.1 Å². The number of nitrogens with zero attached hydrogens (tertiary/aromatic N) is 3. The Balaban J connectivity index is 1.58. The summed E-state index contributed by atoms with van der Waals surface area (Å²) in [7, 11) is 1.53. The zero-order chi connectivity index (χ0) is 32.5. The van der Waals surface area contributed by atoms with E-state index in [4.69, 9.17) is 38.7 Å². The largest absolute Gasteiger partial charge is 0.495 e. The van der Waals surface area contributed by atoms with Crippen molar-refractivity contribution in [3.63, 3.8) is 0 Å². The number of ether oxygens (including phenoxy) is 1. The van der Waals surface area contributed by atoms with E-state index in [1.54, 1.807) is 24.6 Å². The Morgan fingerprint density at radius 2 is 1.89 bits per heavy atom. The van der Waals surface area contributed by atoms with Crippen LogP contribution in [0.3, 0.4) is 0 Å². The molecule has 1 fully saturated rings. The summed E-state index contributed by atoms with van der Waals surface area (Å²) in [4.78, 5) is 13.8. The monoisotopic (exact) mass is 656 g/mol. The second-order valence-electron chi connectivity index (χ2n) is 11.7. The number of methoxy groups -OCH3 is 1. The van der Waals surface area contributed by atoms with Gasteiger partial charge in [-0.2, -0.15) is 0 Å². The highest BCUT2D eigenvalue weighted by atomic mass is 35.5. The first-order valence-electron chi connectivity index (χ1n) is 14.5. The summed E-state index contributed by atoms with van der Waals surface area (Å²) < 4.78 is 50.1. The smallest absolute Gasteiger partial charge is 0.155 e. The fraction of sp³-hybridized carbons (Fsp3) is 0.324. The maximum Gasteiger partial charge on any atom is 0.155 e. The van der Waals surface area contributed by atoms with Crippen molar-refractivity contribution in [1.29, 1.82) is 0 Å². The lowest BCUT2D eigenvalue weighted by Crippen LogP contribution is -2.23. The molecule has 2 aliphatic carbocycles. The molecule has 2 unspecified atom stereocenters. The molecule has 2 aromatic carbocycles. The van der Waals surface area contributed by atoms with Crippen molar-refractivity contribution in [2.24, 2.45) is 15.9 Å². The minimum atomic E-state index is -1.63. The molecule has 2 aliphatic rings. The minimum absolute atomic E-state index is 0.0507. The highest BCUT2D eigenvalue weighted by molar-refractivity contribution is 6.43. The van der Waals surface area contributed by atoms with Crippen LogP contribution in [0.2, 0.25) is 10.0 Å². The molecule has 3 aromatic rings. The van der Waals surface area contributed by atoms with Crippen LogP contribution in [0.4, 0.5) is 18.9 Å². The summed E-state index contributed by atoms with van der Waals surface area (Å²) in [5.74, 6) is -2.41. The summed E-state index contributed by atoms with van der Waals surface area (Å²) in [5.41, 5.74) is 6.64. The molecule has 236 valence electrons. The van der Waals surface area contributed by atoms with Gasteiger partial charge in [-0.25, -0.2) is 18.2 Å². The average Bonchev–Trinajstić information content (AvgIpc) is 3.83. The Hall–Kier alpha value is -3.66. The number of hydrogen-bond donors (Lipinski definition) is 2. The number of anilines is 1. The van der Waals surface area contributed by atoms with Crippen LogP contribution in [0.5, 0.6) is 5.75 Å². The van der Waals surface area contributed by atoms with Crippen molar-refractivity contribution in [2.75, 3.05) is 19.4 Å². The topological polar surface area (TPSA) is 93.1 Å². The van der Waals surface area contributed by atoms with Gasteiger partial charge < -0.3 is 15.6 Å². The van der Waals surface area contributed by atoms with Gasteiger partial charge in [-0.15, -0.1) is 0 Å². The Morgan fingerprint density at radius 3 is 2.56 bits per heavy atom. The highest BCUT2D eigenvalue weighted by Gasteiger charge is 2.31. The lowest BCUT2D eigenvalue weighted by Gasteiger charge is -2.27. The first-order chi connectivity index (χ1) is 21.4. The molecule has 1 saturated carbocycles. The standard InChI is InChI=1S/C34H33Cl2F3N4O2/c1-34(2,44)25-14-27(43-33(31(25)39)23-9-10-26(38)30(36)29(23)35)24(19-5-4-6-21(37)13-19)17-41-15-18-11-20(16-42-22-7-8-22)32(40)28(12-18)45-3/h4-6,9-12,14-16,19,22,24,44H,7-8,13,17,40H2,1-3H3. The van der Waals surface area contributed by atoms with Gasteiger partial charge in [0.1, 0.15) is 23.1 Å². The van der Waals surface area contributed by atoms with E-state index in [-0.39, 0.29) is 45.7 Å². The van der Waals surface area contributed by atoms with E-state index in [1.165, 1.54) is 39.2 Å². The van der Waals surface area contributed by atoms with Gasteiger partial charge in [0.25, 0.3) is 0 Å². The molecular formula is C34H33Cl2F3N4O2. The number of rotatable bonds is 10. The zero-order valence-corrected chi connectivity index (χ0v) is 26.5. The second-order valence-corrected chi connectivity index (χ2v) is 12.5. The molecule has 0 spiro atoms. The second kappa shape index (κ2) is 13.4. The third-order valence-electron chi connectivity index (χ3n) is 7.82.